The Labute approximate surface area is 310 Å². The van der Waals surface area contributed by atoms with Crippen LogP contribution in [0.4, 0.5) is 11.4 Å². The van der Waals surface area contributed by atoms with Crippen molar-refractivity contribution in [2.75, 3.05) is 36.1 Å². The Morgan fingerprint density at radius 2 is 1.25 bits per heavy atom. The number of halogens is 2. The second-order valence-corrected chi connectivity index (χ2v) is 15.5. The van der Waals surface area contributed by atoms with Crippen LogP contribution in [-0.4, -0.2) is 50.2 Å². The normalized spacial score (nSPS) is 19.1. The first-order chi connectivity index (χ1) is 24.6. The molecule has 9 heteroatoms. The topological polar surface area (TPSA) is 71.1 Å². The van der Waals surface area contributed by atoms with Crippen LogP contribution in [0.5, 0.6) is 11.5 Å². The molecule has 4 aromatic carbocycles. The van der Waals surface area contributed by atoms with Crippen molar-refractivity contribution in [1.29, 1.82) is 0 Å². The van der Waals surface area contributed by atoms with Crippen LogP contribution < -0.4 is 24.6 Å². The average molecular weight is 727 g/mol. The number of hydrogen-bond acceptors (Lipinski definition) is 5. The zero-order valence-electron chi connectivity index (χ0n) is 29.7. The van der Waals surface area contributed by atoms with Crippen molar-refractivity contribution in [1.82, 2.24) is 5.32 Å². The van der Waals surface area contributed by atoms with Crippen molar-refractivity contribution >= 4 is 46.4 Å². The van der Waals surface area contributed by atoms with Crippen LogP contribution >= 0.6 is 23.2 Å². The van der Waals surface area contributed by atoms with E-state index in [2.05, 4.69) is 33.0 Å². The van der Waals surface area contributed by atoms with Crippen molar-refractivity contribution in [2.45, 2.75) is 65.5 Å². The maximum absolute atomic E-state index is 12.9. The van der Waals surface area contributed by atoms with E-state index in [0.29, 0.717) is 52.5 Å². The molecule has 0 aromatic heterocycles. The van der Waals surface area contributed by atoms with Crippen molar-refractivity contribution in [3.63, 3.8) is 0 Å². The van der Waals surface area contributed by atoms with Crippen LogP contribution in [0.1, 0.15) is 53.4 Å². The summed E-state index contributed by atoms with van der Waals surface area (Å²) in [6.07, 6.45) is 4.36. The van der Waals surface area contributed by atoms with Gasteiger partial charge in [-0.3, -0.25) is 9.59 Å². The van der Waals surface area contributed by atoms with Gasteiger partial charge in [0.05, 0.1) is 21.4 Å². The zero-order valence-corrected chi connectivity index (χ0v) is 31.2. The van der Waals surface area contributed by atoms with E-state index >= 15 is 0 Å². The molecule has 1 N–H and O–H groups in total. The molecule has 1 saturated heterocycles. The second-order valence-electron chi connectivity index (χ2n) is 14.7. The van der Waals surface area contributed by atoms with Crippen molar-refractivity contribution in [3.05, 3.63) is 82.8 Å². The molecule has 0 radical (unpaired) electrons. The van der Waals surface area contributed by atoms with E-state index in [9.17, 15) is 9.59 Å². The summed E-state index contributed by atoms with van der Waals surface area (Å²) in [7, 11) is 0. The first kappa shape index (κ1) is 35.4. The Morgan fingerprint density at radius 3 is 1.78 bits per heavy atom. The van der Waals surface area contributed by atoms with Gasteiger partial charge in [-0.1, -0.05) is 98.9 Å². The molecule has 0 saturated carbocycles. The molecule has 3 aliphatic rings. The molecule has 3 atom stereocenters. The highest BCUT2D eigenvalue weighted by Crippen LogP contribution is 2.45. The molecule has 0 bridgehead atoms. The monoisotopic (exact) mass is 725 g/mol. The lowest BCUT2D eigenvalue weighted by molar-refractivity contribution is -0.122. The average Bonchev–Trinajstić information content (AvgIpc) is 3.54. The summed E-state index contributed by atoms with van der Waals surface area (Å²) in [4.78, 5) is 29.5. The van der Waals surface area contributed by atoms with Crippen LogP contribution in [-0.2, 0) is 9.59 Å². The summed E-state index contributed by atoms with van der Waals surface area (Å²) in [6, 6.07) is 24.4. The van der Waals surface area contributed by atoms with Gasteiger partial charge in [-0.15, -0.1) is 0 Å². The number of fused-ring (bicyclic) bond motifs is 2. The SMILES string of the molecule is CC(C)CC[C@H](C)CN1C(=O)COc2cc(-c3cccc(-c4cccc(-c5ccc6c(c5)OCC(=O)N6C[C@@H]5CC[C@H](C)N5)c4Cl)c3Cl)ccc21. The highest BCUT2D eigenvalue weighted by molar-refractivity contribution is 6.39. The maximum Gasteiger partial charge on any atom is 0.265 e. The Bertz CT molecular complexity index is 1960. The summed E-state index contributed by atoms with van der Waals surface area (Å²) in [5.74, 6) is 2.30. The molecule has 3 aliphatic heterocycles. The third-order valence-electron chi connectivity index (χ3n) is 10.3. The summed E-state index contributed by atoms with van der Waals surface area (Å²) >= 11 is 14.4. The molecule has 0 unspecified atom stereocenters. The standard InChI is InChI=1S/C42H45Cl2N3O4/c1-25(2)11-12-26(3)21-46-35-17-14-28(19-37(35)50-23-39(46)48)31-7-5-9-33(41(31)43)34-10-6-8-32(42(34)44)29-15-18-36-38(20-29)51-24-40(49)47(36)22-30-16-13-27(4)45-30/h5-10,14-15,17-20,25-27,30,45H,11-13,16,21-24H2,1-4H3/t26-,27-,30-/m0/s1. The maximum atomic E-state index is 12.9. The van der Waals surface area contributed by atoms with Crippen LogP contribution in [0.2, 0.25) is 10.0 Å². The van der Waals surface area contributed by atoms with Crippen LogP contribution in [0.3, 0.4) is 0 Å². The lowest BCUT2D eigenvalue weighted by atomic mass is 9.95. The van der Waals surface area contributed by atoms with Gasteiger partial charge in [0.1, 0.15) is 11.5 Å². The molecule has 7 rings (SSSR count). The number of amides is 2. The van der Waals surface area contributed by atoms with Crippen LogP contribution in [0.15, 0.2) is 72.8 Å². The molecule has 4 aromatic rings. The fraction of sp³-hybridized carbons (Fsp3) is 0.381. The Morgan fingerprint density at radius 1 is 0.725 bits per heavy atom. The van der Waals surface area contributed by atoms with E-state index in [4.69, 9.17) is 32.7 Å². The third-order valence-corrected chi connectivity index (χ3v) is 11.1. The van der Waals surface area contributed by atoms with Crippen LogP contribution in [0, 0.1) is 11.8 Å². The number of rotatable bonds is 10. The minimum absolute atomic E-state index is 0.00833. The number of nitrogens with one attached hydrogen (secondary N) is 1. The van der Waals surface area contributed by atoms with Crippen molar-refractivity contribution < 1.29 is 19.1 Å². The summed E-state index contributed by atoms with van der Waals surface area (Å²) in [5, 5.41) is 4.72. The predicted molar refractivity (Wildman–Crippen MR) is 207 cm³/mol. The number of benzene rings is 4. The molecular formula is C42H45Cl2N3O4. The van der Waals surface area contributed by atoms with Gasteiger partial charge in [0.2, 0.25) is 0 Å². The molecule has 3 heterocycles. The largest absolute Gasteiger partial charge is 0.482 e. The predicted octanol–water partition coefficient (Wildman–Crippen LogP) is 9.66. The number of hydrogen-bond donors (Lipinski definition) is 1. The fourth-order valence-electron chi connectivity index (χ4n) is 7.48. The third kappa shape index (κ3) is 7.35. The lowest BCUT2D eigenvalue weighted by Crippen LogP contribution is -2.46. The minimum Gasteiger partial charge on any atom is -0.482 e. The first-order valence-electron chi connectivity index (χ1n) is 18.1. The smallest absolute Gasteiger partial charge is 0.265 e. The molecule has 51 heavy (non-hydrogen) atoms. The quantitative estimate of drug-likeness (QED) is 0.176. The van der Waals surface area contributed by atoms with Gasteiger partial charge in [0, 0.05) is 47.4 Å². The van der Waals surface area contributed by atoms with Gasteiger partial charge in [0.15, 0.2) is 13.2 Å². The Balaban J connectivity index is 1.16. The highest BCUT2D eigenvalue weighted by Gasteiger charge is 2.31. The molecule has 1 fully saturated rings. The lowest BCUT2D eigenvalue weighted by Gasteiger charge is -2.32. The minimum atomic E-state index is -0.0332. The number of carbonyl (C=O) groups excluding carboxylic acids is 2. The molecule has 2 amide bonds. The Hall–Kier alpha value is -4.04. The molecule has 266 valence electrons. The van der Waals surface area contributed by atoms with Crippen molar-refractivity contribution in [3.8, 4) is 44.9 Å². The van der Waals surface area contributed by atoms with E-state index in [-0.39, 0.29) is 31.1 Å². The van der Waals surface area contributed by atoms with Crippen LogP contribution in [0.25, 0.3) is 33.4 Å². The number of ether oxygens (including phenoxy) is 2. The zero-order chi connectivity index (χ0) is 35.8. The van der Waals surface area contributed by atoms with Gasteiger partial charge in [-0.05, 0) is 73.4 Å². The number of anilines is 2. The van der Waals surface area contributed by atoms with E-state index in [1.165, 1.54) is 0 Å². The molecule has 0 spiro atoms. The summed E-state index contributed by atoms with van der Waals surface area (Å²) in [5.41, 5.74) is 6.64. The molecule has 0 aliphatic carbocycles. The Kier molecular flexibility index (Phi) is 10.3. The van der Waals surface area contributed by atoms with E-state index < -0.39 is 0 Å². The van der Waals surface area contributed by atoms with Gasteiger partial charge >= 0.3 is 0 Å². The van der Waals surface area contributed by atoms with Crippen molar-refractivity contribution in [2.24, 2.45) is 11.8 Å². The molecule has 7 nitrogen and oxygen atoms in total. The fourth-order valence-corrected chi connectivity index (χ4v) is 8.15. The van der Waals surface area contributed by atoms with Gasteiger partial charge in [0.25, 0.3) is 11.8 Å². The van der Waals surface area contributed by atoms with Gasteiger partial charge in [-0.25, -0.2) is 0 Å². The number of nitrogens with zero attached hydrogens (tertiary/aromatic N) is 2. The molecular weight excluding hydrogens is 681 g/mol. The summed E-state index contributed by atoms with van der Waals surface area (Å²) in [6.45, 7) is 10.1. The van der Waals surface area contributed by atoms with Gasteiger partial charge < -0.3 is 24.6 Å². The number of carbonyl (C=O) groups is 2. The summed E-state index contributed by atoms with van der Waals surface area (Å²) < 4.78 is 11.9. The first-order valence-corrected chi connectivity index (χ1v) is 18.8. The van der Waals surface area contributed by atoms with E-state index in [0.717, 1.165) is 70.4 Å². The van der Waals surface area contributed by atoms with Gasteiger partial charge in [-0.2, -0.15) is 0 Å². The highest BCUT2D eigenvalue weighted by atomic mass is 35.5. The van der Waals surface area contributed by atoms with E-state index in [1.807, 2.05) is 82.6 Å². The van der Waals surface area contributed by atoms with E-state index in [1.54, 1.807) is 0 Å². The second kappa shape index (κ2) is 14.9.